The first kappa shape index (κ1) is 17.3. The van der Waals surface area contributed by atoms with E-state index in [0.717, 1.165) is 0 Å². The molecule has 0 nitrogen and oxygen atoms in total. The van der Waals surface area contributed by atoms with Gasteiger partial charge in [0.25, 0.3) is 0 Å². The first-order valence-electron chi connectivity index (χ1n) is 9.69. The summed E-state index contributed by atoms with van der Waals surface area (Å²) < 4.78 is 0. The number of rotatable bonds is 0. The van der Waals surface area contributed by atoms with Gasteiger partial charge in [-0.1, -0.05) is 80.6 Å². The summed E-state index contributed by atoms with van der Waals surface area (Å²) in [7, 11) is 0. The molecule has 0 N–H and O–H groups in total. The predicted molar refractivity (Wildman–Crippen MR) is 121 cm³/mol. The molecule has 0 spiro atoms. The maximum absolute atomic E-state index is 2.29. The quantitative estimate of drug-likeness (QED) is 0.264. The van der Waals surface area contributed by atoms with Crippen LogP contribution in [0, 0.1) is 6.92 Å². The number of hydrogen-bond acceptors (Lipinski definition) is 0. The minimum absolute atomic E-state index is 1.23. The molecule has 5 aromatic rings. The van der Waals surface area contributed by atoms with Crippen molar-refractivity contribution < 1.29 is 0 Å². The van der Waals surface area contributed by atoms with Gasteiger partial charge in [0.15, 0.2) is 0 Å². The highest BCUT2D eigenvalue weighted by Gasteiger charge is 1.97. The lowest BCUT2D eigenvalue weighted by atomic mass is 10.0. The minimum atomic E-state index is 1.23. The fourth-order valence-electron chi connectivity index (χ4n) is 3.62. The van der Waals surface area contributed by atoms with Crippen molar-refractivity contribution in [2.75, 3.05) is 0 Å². The zero-order valence-corrected chi connectivity index (χ0v) is 16.2. The number of aryl methyl sites for hydroxylation is 1. The van der Waals surface area contributed by atoms with Gasteiger partial charge in [-0.05, 0) is 79.8 Å². The molecule has 0 heterocycles. The maximum atomic E-state index is 2.29. The van der Waals surface area contributed by atoms with Gasteiger partial charge in [0.2, 0.25) is 0 Å². The molecule has 0 saturated heterocycles. The summed E-state index contributed by atoms with van der Waals surface area (Å²) in [5.41, 5.74) is 1.29. The van der Waals surface area contributed by atoms with Crippen LogP contribution in [0.25, 0.3) is 43.1 Å². The second kappa shape index (κ2) is 7.25. The van der Waals surface area contributed by atoms with Crippen LogP contribution < -0.4 is 0 Å². The highest BCUT2D eigenvalue weighted by Crippen LogP contribution is 2.23. The van der Waals surface area contributed by atoms with Gasteiger partial charge in [0, 0.05) is 0 Å². The first-order valence-corrected chi connectivity index (χ1v) is 9.69. The van der Waals surface area contributed by atoms with Crippen LogP contribution in [0.3, 0.4) is 0 Å². The molecule has 0 amide bonds. The van der Waals surface area contributed by atoms with Crippen molar-refractivity contribution in [3.05, 3.63) is 96.6 Å². The highest BCUT2D eigenvalue weighted by atomic mass is 14.0. The van der Waals surface area contributed by atoms with Crippen LogP contribution in [0.4, 0.5) is 0 Å². The van der Waals surface area contributed by atoms with Gasteiger partial charge in [-0.25, -0.2) is 0 Å². The third-order valence-electron chi connectivity index (χ3n) is 5.06. The van der Waals surface area contributed by atoms with E-state index < -0.39 is 0 Å². The van der Waals surface area contributed by atoms with Gasteiger partial charge in [0.05, 0.1) is 0 Å². The summed E-state index contributed by atoms with van der Waals surface area (Å²) in [4.78, 5) is 0. The molecule has 0 fully saturated rings. The normalized spacial score (nSPS) is 10.8. The molecule has 0 radical (unpaired) electrons. The van der Waals surface area contributed by atoms with Gasteiger partial charge in [-0.15, -0.1) is 0 Å². The number of hydrogen-bond donors (Lipinski definition) is 0. The van der Waals surface area contributed by atoms with E-state index in [0.29, 0.717) is 0 Å². The van der Waals surface area contributed by atoms with Crippen molar-refractivity contribution in [3.63, 3.8) is 0 Å². The van der Waals surface area contributed by atoms with Crippen molar-refractivity contribution in [1.82, 2.24) is 0 Å². The van der Waals surface area contributed by atoms with E-state index in [9.17, 15) is 0 Å². The summed E-state index contributed by atoms with van der Waals surface area (Å²) in [5.74, 6) is 0. The average Bonchev–Trinajstić information content (AvgIpc) is 2.72. The average molecular weight is 348 g/mol. The Morgan fingerprint density at radius 1 is 0.370 bits per heavy atom. The van der Waals surface area contributed by atoms with E-state index in [1.807, 2.05) is 13.8 Å². The van der Waals surface area contributed by atoms with E-state index >= 15 is 0 Å². The maximum Gasteiger partial charge on any atom is -0.0172 e. The Hall–Kier alpha value is -3.12. The molecule has 0 aliphatic heterocycles. The molecule has 27 heavy (non-hydrogen) atoms. The molecule has 0 aliphatic carbocycles. The zero-order chi connectivity index (χ0) is 18.8. The smallest absolute Gasteiger partial charge is 0.0172 e. The lowest BCUT2D eigenvalue weighted by molar-refractivity contribution is 1.50. The van der Waals surface area contributed by atoms with E-state index in [4.69, 9.17) is 0 Å². The Bertz CT molecular complexity index is 1290. The predicted octanol–water partition coefficient (Wildman–Crippen LogP) is 8.20. The third-order valence-corrected chi connectivity index (χ3v) is 5.06. The van der Waals surface area contributed by atoms with Gasteiger partial charge >= 0.3 is 0 Å². The summed E-state index contributed by atoms with van der Waals surface area (Å²) in [6, 6.07) is 33.4. The third kappa shape index (κ3) is 3.44. The molecule has 132 valence electrons. The summed E-state index contributed by atoms with van der Waals surface area (Å²) in [6.45, 7) is 6.19. The van der Waals surface area contributed by atoms with Crippen LogP contribution in [0.2, 0.25) is 0 Å². The molecule has 0 saturated carbocycles. The van der Waals surface area contributed by atoms with Crippen molar-refractivity contribution >= 4 is 43.1 Å². The van der Waals surface area contributed by atoms with Crippen LogP contribution >= 0.6 is 0 Å². The van der Waals surface area contributed by atoms with E-state index in [2.05, 4.69) is 97.9 Å². The minimum Gasteiger partial charge on any atom is -0.0683 e. The summed E-state index contributed by atoms with van der Waals surface area (Å²) in [6.07, 6.45) is 0. The molecule has 0 heteroatoms. The SMILES string of the molecule is CC.Cc1cc2ccc3ccc(ccc4ccc5ccc1cc5c4)cc3c2. The molecule has 5 rings (SSSR count). The van der Waals surface area contributed by atoms with Crippen LogP contribution in [-0.2, 0) is 0 Å². The van der Waals surface area contributed by atoms with Crippen LogP contribution in [0.1, 0.15) is 19.4 Å². The molecule has 0 atom stereocenters. The Kier molecular flexibility index (Phi) is 4.64. The van der Waals surface area contributed by atoms with Crippen molar-refractivity contribution in [2.24, 2.45) is 0 Å². The van der Waals surface area contributed by atoms with E-state index in [1.165, 1.54) is 48.7 Å². The number of fused-ring (bicyclic) bond motifs is 4. The standard InChI is InChI=1S/C25H18.C2H6/c1-17-12-20-6-9-21-7-4-18(13-24(21)15-20)2-3-19-5-8-22-10-11-23(17)16-25(22)14-19;1-2/h2-16H,1H3;1-2H3. The highest BCUT2D eigenvalue weighted by molar-refractivity contribution is 5.93. The van der Waals surface area contributed by atoms with Gasteiger partial charge in [-0.2, -0.15) is 0 Å². The lowest BCUT2D eigenvalue weighted by Gasteiger charge is -2.03. The Morgan fingerprint density at radius 2 is 0.778 bits per heavy atom. The van der Waals surface area contributed by atoms with Crippen molar-refractivity contribution in [1.29, 1.82) is 0 Å². The molecule has 0 unspecified atom stereocenters. The van der Waals surface area contributed by atoms with Crippen molar-refractivity contribution in [2.45, 2.75) is 20.8 Å². The first-order chi connectivity index (χ1) is 13.2. The van der Waals surface area contributed by atoms with Gasteiger partial charge in [-0.3, -0.25) is 0 Å². The second-order valence-corrected chi connectivity index (χ2v) is 6.85. The molecule has 5 aromatic carbocycles. The Balaban J connectivity index is 0.000000872. The summed E-state index contributed by atoms with van der Waals surface area (Å²) >= 11 is 0. The topological polar surface area (TPSA) is 0 Å². The van der Waals surface area contributed by atoms with Crippen LogP contribution in [0.15, 0.2) is 91.0 Å². The fraction of sp³-hybridized carbons (Fsp3) is 0.111. The summed E-state index contributed by atoms with van der Waals surface area (Å²) in [5, 5.41) is 10.1. The monoisotopic (exact) mass is 348 g/mol. The molecular formula is C27H24. The molecule has 6 bridgehead atoms. The van der Waals surface area contributed by atoms with Gasteiger partial charge < -0.3 is 0 Å². The lowest BCUT2D eigenvalue weighted by Crippen LogP contribution is -1.77. The molecule has 0 aromatic heterocycles. The Labute approximate surface area is 160 Å². The fourth-order valence-corrected chi connectivity index (χ4v) is 3.62. The van der Waals surface area contributed by atoms with Crippen molar-refractivity contribution in [3.8, 4) is 0 Å². The largest absolute Gasteiger partial charge is 0.0683 e. The van der Waals surface area contributed by atoms with Gasteiger partial charge in [0.1, 0.15) is 0 Å². The van der Waals surface area contributed by atoms with E-state index in [-0.39, 0.29) is 0 Å². The van der Waals surface area contributed by atoms with Crippen LogP contribution in [0.5, 0.6) is 0 Å². The molecular weight excluding hydrogens is 324 g/mol. The number of benzene rings is 4. The second-order valence-electron chi connectivity index (χ2n) is 6.85. The Morgan fingerprint density at radius 3 is 1.41 bits per heavy atom. The molecule has 0 aliphatic rings. The van der Waals surface area contributed by atoms with E-state index in [1.54, 1.807) is 0 Å². The van der Waals surface area contributed by atoms with Crippen LogP contribution in [-0.4, -0.2) is 0 Å². The zero-order valence-electron chi connectivity index (χ0n) is 16.2.